The van der Waals surface area contributed by atoms with Crippen LogP contribution < -0.4 is 0 Å². The largest absolute Gasteiger partial charge is 0.508 e. The van der Waals surface area contributed by atoms with Crippen LogP contribution in [0.15, 0.2) is 121 Å². The minimum absolute atomic E-state index is 0.00968. The summed E-state index contributed by atoms with van der Waals surface area (Å²) < 4.78 is 28.5. The van der Waals surface area contributed by atoms with Crippen LogP contribution in [0, 0.1) is 0 Å². The van der Waals surface area contributed by atoms with E-state index in [0.717, 1.165) is 11.1 Å². The standard InChI is InChI=1S/C30H26O4S/c31-27-15-7-13-25(21-27)29(19-17-23-9-3-1-4-10-23)35(33,34)30(26-14-8-16-28(32)22-26)20-18-24-11-5-2-6-12-24/h1-22,29-32H. The van der Waals surface area contributed by atoms with Gasteiger partial charge in [0.05, 0.1) is 0 Å². The Labute approximate surface area is 206 Å². The molecule has 0 heterocycles. The van der Waals surface area contributed by atoms with Crippen molar-refractivity contribution < 1.29 is 18.6 Å². The molecule has 0 aromatic heterocycles. The molecule has 0 saturated heterocycles. The van der Waals surface area contributed by atoms with Gasteiger partial charge in [-0.1, -0.05) is 109 Å². The number of hydrogen-bond acceptors (Lipinski definition) is 4. The lowest BCUT2D eigenvalue weighted by Gasteiger charge is -2.22. The van der Waals surface area contributed by atoms with E-state index >= 15 is 0 Å². The zero-order valence-electron chi connectivity index (χ0n) is 19.0. The fourth-order valence-electron chi connectivity index (χ4n) is 3.91. The van der Waals surface area contributed by atoms with Gasteiger partial charge in [0.25, 0.3) is 0 Å². The van der Waals surface area contributed by atoms with Gasteiger partial charge in [-0.25, -0.2) is 8.42 Å². The predicted octanol–water partition coefficient (Wildman–Crippen LogP) is 6.72. The van der Waals surface area contributed by atoms with Crippen molar-refractivity contribution in [2.75, 3.05) is 0 Å². The van der Waals surface area contributed by atoms with E-state index < -0.39 is 20.3 Å². The van der Waals surface area contributed by atoms with Crippen molar-refractivity contribution in [3.8, 4) is 11.5 Å². The molecule has 4 nitrogen and oxygen atoms in total. The van der Waals surface area contributed by atoms with E-state index in [1.165, 1.54) is 24.3 Å². The van der Waals surface area contributed by atoms with Gasteiger partial charge >= 0.3 is 0 Å². The van der Waals surface area contributed by atoms with Crippen LogP contribution in [0.4, 0.5) is 0 Å². The van der Waals surface area contributed by atoms with Gasteiger partial charge in [-0.3, -0.25) is 0 Å². The Morgan fingerprint density at radius 2 is 0.943 bits per heavy atom. The molecule has 0 aliphatic heterocycles. The number of aromatic hydroxyl groups is 2. The third-order valence-electron chi connectivity index (χ3n) is 5.63. The average molecular weight is 483 g/mol. The molecule has 0 fully saturated rings. The molecule has 0 radical (unpaired) electrons. The lowest BCUT2D eigenvalue weighted by atomic mass is 10.1. The van der Waals surface area contributed by atoms with Crippen LogP contribution in [0.5, 0.6) is 11.5 Å². The summed E-state index contributed by atoms with van der Waals surface area (Å²) in [6.45, 7) is 0. The molecule has 2 N–H and O–H groups in total. The van der Waals surface area contributed by atoms with Crippen molar-refractivity contribution in [3.63, 3.8) is 0 Å². The molecule has 4 rings (SSSR count). The molecule has 0 aliphatic carbocycles. The van der Waals surface area contributed by atoms with E-state index in [4.69, 9.17) is 0 Å². The van der Waals surface area contributed by atoms with E-state index in [0.29, 0.717) is 11.1 Å². The normalized spacial score (nSPS) is 13.7. The predicted molar refractivity (Wildman–Crippen MR) is 142 cm³/mol. The quantitative estimate of drug-likeness (QED) is 0.292. The van der Waals surface area contributed by atoms with Gasteiger partial charge in [-0.15, -0.1) is 0 Å². The highest BCUT2D eigenvalue weighted by atomic mass is 32.2. The SMILES string of the molecule is O=S(=O)(C(C=Cc1ccccc1)c1cccc(O)c1)C(C=Cc1ccccc1)c1cccc(O)c1. The minimum atomic E-state index is -3.94. The van der Waals surface area contributed by atoms with Crippen LogP contribution in [0.2, 0.25) is 0 Å². The van der Waals surface area contributed by atoms with Gasteiger partial charge in [-0.05, 0) is 46.5 Å². The average Bonchev–Trinajstić information content (AvgIpc) is 2.85. The maximum absolute atomic E-state index is 14.2. The van der Waals surface area contributed by atoms with Crippen molar-refractivity contribution in [2.45, 2.75) is 10.5 Å². The second-order valence-corrected chi connectivity index (χ2v) is 10.4. The third kappa shape index (κ3) is 6.08. The monoisotopic (exact) mass is 482 g/mol. The van der Waals surface area contributed by atoms with Gasteiger partial charge in [0.2, 0.25) is 0 Å². The molecular weight excluding hydrogens is 456 g/mol. The summed E-state index contributed by atoms with van der Waals surface area (Å²) in [6.07, 6.45) is 6.83. The van der Waals surface area contributed by atoms with Crippen molar-refractivity contribution in [1.82, 2.24) is 0 Å². The van der Waals surface area contributed by atoms with Gasteiger partial charge < -0.3 is 10.2 Å². The first-order chi connectivity index (χ1) is 16.9. The zero-order valence-corrected chi connectivity index (χ0v) is 19.8. The van der Waals surface area contributed by atoms with Crippen LogP contribution in [-0.2, 0) is 9.84 Å². The first-order valence-electron chi connectivity index (χ1n) is 11.2. The topological polar surface area (TPSA) is 74.6 Å². The van der Waals surface area contributed by atoms with E-state index in [-0.39, 0.29) is 11.5 Å². The molecular formula is C30H26O4S. The Hall–Kier alpha value is -4.09. The van der Waals surface area contributed by atoms with Crippen molar-refractivity contribution in [2.24, 2.45) is 0 Å². The van der Waals surface area contributed by atoms with Crippen molar-refractivity contribution in [3.05, 3.63) is 144 Å². The Balaban J connectivity index is 1.84. The Morgan fingerprint density at radius 3 is 1.31 bits per heavy atom. The van der Waals surface area contributed by atoms with E-state index in [1.807, 2.05) is 60.7 Å². The molecule has 0 amide bonds. The molecule has 2 unspecified atom stereocenters. The highest BCUT2D eigenvalue weighted by molar-refractivity contribution is 7.92. The molecule has 0 bridgehead atoms. The van der Waals surface area contributed by atoms with Crippen molar-refractivity contribution in [1.29, 1.82) is 0 Å². The number of benzene rings is 4. The second-order valence-electron chi connectivity index (χ2n) is 8.16. The van der Waals surface area contributed by atoms with Crippen LogP contribution in [0.1, 0.15) is 32.8 Å². The Morgan fingerprint density at radius 1 is 0.543 bits per heavy atom. The summed E-state index contributed by atoms with van der Waals surface area (Å²) in [7, 11) is -3.94. The minimum Gasteiger partial charge on any atom is -0.508 e. The van der Waals surface area contributed by atoms with Crippen molar-refractivity contribution >= 4 is 22.0 Å². The highest BCUT2D eigenvalue weighted by Gasteiger charge is 2.33. The Bertz CT molecular complexity index is 1320. The summed E-state index contributed by atoms with van der Waals surface area (Å²) >= 11 is 0. The molecule has 0 saturated carbocycles. The first kappa shape index (κ1) is 24.0. The second kappa shape index (κ2) is 10.9. The maximum atomic E-state index is 14.2. The number of sulfone groups is 1. The number of phenols is 2. The van der Waals surface area contributed by atoms with Crippen LogP contribution in [0.3, 0.4) is 0 Å². The number of rotatable bonds is 8. The molecule has 176 valence electrons. The summed E-state index contributed by atoms with van der Waals surface area (Å²) in [5.74, 6) is -0.0194. The van der Waals surface area contributed by atoms with Crippen LogP contribution in [-0.4, -0.2) is 18.6 Å². The zero-order chi connectivity index (χ0) is 24.7. The van der Waals surface area contributed by atoms with Crippen LogP contribution >= 0.6 is 0 Å². The fourth-order valence-corrected chi connectivity index (χ4v) is 5.87. The van der Waals surface area contributed by atoms with Gasteiger partial charge in [0, 0.05) is 0 Å². The van der Waals surface area contributed by atoms with E-state index in [2.05, 4.69) is 0 Å². The van der Waals surface area contributed by atoms with Gasteiger partial charge in [0.15, 0.2) is 9.84 Å². The summed E-state index contributed by atoms with van der Waals surface area (Å²) in [4.78, 5) is 0. The molecule has 0 spiro atoms. The first-order valence-corrected chi connectivity index (χ1v) is 12.8. The lowest BCUT2D eigenvalue weighted by Crippen LogP contribution is -2.19. The van der Waals surface area contributed by atoms with E-state index in [1.54, 1.807) is 48.6 Å². The smallest absolute Gasteiger partial charge is 0.171 e. The molecule has 35 heavy (non-hydrogen) atoms. The molecule has 5 heteroatoms. The molecule has 2 atom stereocenters. The summed E-state index contributed by atoms with van der Waals surface area (Å²) in [5.41, 5.74) is 2.63. The third-order valence-corrected chi connectivity index (χ3v) is 7.91. The fraction of sp³-hybridized carbons (Fsp3) is 0.0667. The molecule has 4 aromatic rings. The Kier molecular flexibility index (Phi) is 7.48. The number of hydrogen-bond donors (Lipinski definition) is 2. The summed E-state index contributed by atoms with van der Waals surface area (Å²) in [5, 5.41) is 18.1. The van der Waals surface area contributed by atoms with E-state index in [9.17, 15) is 18.6 Å². The maximum Gasteiger partial charge on any atom is 0.171 e. The van der Waals surface area contributed by atoms with Gasteiger partial charge in [-0.2, -0.15) is 0 Å². The molecule has 0 aliphatic rings. The van der Waals surface area contributed by atoms with Crippen LogP contribution in [0.25, 0.3) is 12.2 Å². The molecule has 4 aromatic carbocycles. The van der Waals surface area contributed by atoms with Gasteiger partial charge in [0.1, 0.15) is 22.0 Å². The lowest BCUT2D eigenvalue weighted by molar-refractivity contribution is 0.474. The number of phenolic OH excluding ortho intramolecular Hbond substituents is 2. The summed E-state index contributed by atoms with van der Waals surface area (Å²) in [6, 6.07) is 31.5. The highest BCUT2D eigenvalue weighted by Crippen LogP contribution is 2.38.